The molecule has 2 aromatic rings. The first-order valence-electron chi connectivity index (χ1n) is 6.83. The number of hydrogen-bond donors (Lipinski definition) is 1. The molecule has 2 rings (SSSR count). The number of carbonyl (C=O) groups is 1. The second kappa shape index (κ2) is 7.09. The van der Waals surface area contributed by atoms with Crippen LogP contribution in [-0.4, -0.2) is 5.78 Å². The average Bonchev–Trinajstić information content (AvgIpc) is 2.49. The van der Waals surface area contributed by atoms with Crippen LogP contribution in [0.25, 0.3) is 0 Å². The number of halogens is 2. The predicted molar refractivity (Wildman–Crippen MR) is 77.7 cm³/mol. The van der Waals surface area contributed by atoms with E-state index in [1.807, 2.05) is 30.3 Å². The van der Waals surface area contributed by atoms with Gasteiger partial charge in [-0.05, 0) is 24.1 Å². The van der Waals surface area contributed by atoms with Gasteiger partial charge < -0.3 is 5.73 Å². The van der Waals surface area contributed by atoms with Gasteiger partial charge in [0.1, 0.15) is 17.4 Å². The van der Waals surface area contributed by atoms with E-state index < -0.39 is 11.6 Å². The van der Waals surface area contributed by atoms with Crippen molar-refractivity contribution < 1.29 is 13.6 Å². The second-order valence-electron chi connectivity index (χ2n) is 4.97. The normalized spacial score (nSPS) is 12.1. The fourth-order valence-corrected chi connectivity index (χ4v) is 2.17. The maximum absolute atomic E-state index is 13.5. The summed E-state index contributed by atoms with van der Waals surface area (Å²) in [6.45, 7) is 0. The predicted octanol–water partition coefficient (Wildman–Crippen LogP) is 3.56. The highest BCUT2D eigenvalue weighted by atomic mass is 19.1. The fourth-order valence-electron chi connectivity index (χ4n) is 2.17. The van der Waals surface area contributed by atoms with Crippen molar-refractivity contribution in [2.75, 3.05) is 0 Å². The van der Waals surface area contributed by atoms with Crippen LogP contribution >= 0.6 is 0 Å². The molecule has 0 aliphatic heterocycles. The Labute approximate surface area is 122 Å². The molecule has 0 bridgehead atoms. The molecular formula is C17H17F2NO. The van der Waals surface area contributed by atoms with Gasteiger partial charge in [0.25, 0.3) is 0 Å². The lowest BCUT2D eigenvalue weighted by molar-refractivity contribution is -0.118. The molecule has 1 atom stereocenters. The molecule has 0 fully saturated rings. The molecule has 0 radical (unpaired) electrons. The first-order chi connectivity index (χ1) is 10.1. The minimum absolute atomic E-state index is 0.171. The maximum Gasteiger partial charge on any atom is 0.137 e. The zero-order valence-electron chi connectivity index (χ0n) is 11.6. The third kappa shape index (κ3) is 4.20. The van der Waals surface area contributed by atoms with Gasteiger partial charge in [-0.3, -0.25) is 4.79 Å². The number of rotatable bonds is 6. The van der Waals surface area contributed by atoms with Crippen LogP contribution in [0.5, 0.6) is 0 Å². The maximum atomic E-state index is 13.5. The van der Waals surface area contributed by atoms with E-state index in [4.69, 9.17) is 5.73 Å². The summed E-state index contributed by atoms with van der Waals surface area (Å²) in [6, 6.07) is 12.8. The molecule has 0 aliphatic rings. The Morgan fingerprint density at radius 1 is 1.00 bits per heavy atom. The average molecular weight is 289 g/mol. The summed E-state index contributed by atoms with van der Waals surface area (Å²) >= 11 is 0. The lowest BCUT2D eigenvalue weighted by Crippen LogP contribution is -2.14. The van der Waals surface area contributed by atoms with Crippen LogP contribution in [0, 0.1) is 11.6 Å². The van der Waals surface area contributed by atoms with Gasteiger partial charge in [0.05, 0.1) is 0 Å². The molecule has 0 amide bonds. The van der Waals surface area contributed by atoms with Crippen molar-refractivity contribution >= 4 is 5.78 Å². The van der Waals surface area contributed by atoms with Crippen molar-refractivity contribution in [2.24, 2.45) is 5.73 Å². The molecule has 2 N–H and O–H groups in total. The Bertz CT molecular complexity index is 593. The van der Waals surface area contributed by atoms with Crippen molar-refractivity contribution in [3.63, 3.8) is 0 Å². The highest BCUT2D eigenvalue weighted by Gasteiger charge is 2.14. The molecule has 4 heteroatoms. The van der Waals surface area contributed by atoms with E-state index in [9.17, 15) is 13.6 Å². The summed E-state index contributed by atoms with van der Waals surface area (Å²) in [5, 5.41) is 0. The smallest absolute Gasteiger partial charge is 0.137 e. The molecule has 0 aromatic heterocycles. The molecule has 110 valence electrons. The lowest BCUT2D eigenvalue weighted by Gasteiger charge is -2.11. The Morgan fingerprint density at radius 3 is 2.24 bits per heavy atom. The zero-order valence-corrected chi connectivity index (χ0v) is 11.6. The molecule has 0 aliphatic carbocycles. The molecule has 0 spiro atoms. The topological polar surface area (TPSA) is 43.1 Å². The number of hydrogen-bond acceptors (Lipinski definition) is 2. The number of Topliss-reactive ketones (excluding diaryl/α,β-unsaturated/α-hetero) is 1. The Kier molecular flexibility index (Phi) is 5.17. The van der Waals surface area contributed by atoms with Crippen molar-refractivity contribution in [2.45, 2.75) is 25.3 Å². The van der Waals surface area contributed by atoms with E-state index in [2.05, 4.69) is 0 Å². The van der Waals surface area contributed by atoms with E-state index >= 15 is 0 Å². The van der Waals surface area contributed by atoms with Gasteiger partial charge in [-0.15, -0.1) is 0 Å². The first-order valence-corrected chi connectivity index (χ1v) is 6.83. The molecule has 1 unspecified atom stereocenters. The summed E-state index contributed by atoms with van der Waals surface area (Å²) in [5.74, 6) is -1.59. The third-order valence-corrected chi connectivity index (χ3v) is 3.40. The summed E-state index contributed by atoms with van der Waals surface area (Å²) in [5.41, 5.74) is 6.77. The van der Waals surface area contributed by atoms with E-state index in [1.54, 1.807) is 0 Å². The summed E-state index contributed by atoms with van der Waals surface area (Å²) in [4.78, 5) is 11.9. The summed E-state index contributed by atoms with van der Waals surface area (Å²) < 4.78 is 26.9. The minimum atomic E-state index is -0.685. The standard InChI is InChI=1S/C17H17F2NO/c18-15-7-4-8-16(19)14(15)11-13(21)9-10-17(20)12-5-2-1-3-6-12/h1-8,17H,9-11,20H2. The highest BCUT2D eigenvalue weighted by Crippen LogP contribution is 2.18. The highest BCUT2D eigenvalue weighted by molar-refractivity contribution is 5.81. The molecule has 0 heterocycles. The number of benzene rings is 2. The monoisotopic (exact) mass is 289 g/mol. The summed E-state index contributed by atoms with van der Waals surface area (Å²) in [6.07, 6.45) is 0.419. The van der Waals surface area contributed by atoms with Crippen molar-refractivity contribution in [1.82, 2.24) is 0 Å². The largest absolute Gasteiger partial charge is 0.324 e. The van der Waals surface area contributed by atoms with E-state index in [-0.39, 0.29) is 30.2 Å². The van der Waals surface area contributed by atoms with Gasteiger partial charge in [0.15, 0.2) is 0 Å². The minimum Gasteiger partial charge on any atom is -0.324 e. The Balaban J connectivity index is 1.91. The van der Waals surface area contributed by atoms with E-state index in [0.29, 0.717) is 6.42 Å². The summed E-state index contributed by atoms with van der Waals surface area (Å²) in [7, 11) is 0. The number of ketones is 1. The van der Waals surface area contributed by atoms with Crippen LogP contribution in [0.4, 0.5) is 8.78 Å². The van der Waals surface area contributed by atoms with Crippen LogP contribution in [0.2, 0.25) is 0 Å². The zero-order chi connectivity index (χ0) is 15.2. The van der Waals surface area contributed by atoms with Crippen molar-refractivity contribution in [3.05, 3.63) is 71.3 Å². The van der Waals surface area contributed by atoms with E-state index in [0.717, 1.165) is 17.7 Å². The van der Waals surface area contributed by atoms with Crippen LogP contribution in [0.15, 0.2) is 48.5 Å². The number of nitrogens with two attached hydrogens (primary N) is 1. The third-order valence-electron chi connectivity index (χ3n) is 3.40. The van der Waals surface area contributed by atoms with Crippen molar-refractivity contribution in [1.29, 1.82) is 0 Å². The van der Waals surface area contributed by atoms with Crippen LogP contribution in [0.3, 0.4) is 0 Å². The second-order valence-corrected chi connectivity index (χ2v) is 4.97. The van der Waals surface area contributed by atoms with Gasteiger partial charge in [0, 0.05) is 24.4 Å². The molecule has 0 saturated heterocycles. The van der Waals surface area contributed by atoms with Gasteiger partial charge in [-0.25, -0.2) is 8.78 Å². The van der Waals surface area contributed by atoms with Gasteiger partial charge in [0.2, 0.25) is 0 Å². The van der Waals surface area contributed by atoms with Gasteiger partial charge in [-0.1, -0.05) is 36.4 Å². The quantitative estimate of drug-likeness (QED) is 0.883. The Morgan fingerprint density at radius 2 is 1.62 bits per heavy atom. The fraction of sp³-hybridized carbons (Fsp3) is 0.235. The number of carbonyl (C=O) groups excluding carboxylic acids is 1. The molecular weight excluding hydrogens is 272 g/mol. The molecule has 2 aromatic carbocycles. The van der Waals surface area contributed by atoms with Gasteiger partial charge >= 0.3 is 0 Å². The van der Waals surface area contributed by atoms with Gasteiger partial charge in [-0.2, -0.15) is 0 Å². The van der Waals surface area contributed by atoms with Crippen molar-refractivity contribution in [3.8, 4) is 0 Å². The SMILES string of the molecule is NC(CCC(=O)Cc1c(F)cccc1F)c1ccccc1. The van der Waals surface area contributed by atoms with E-state index in [1.165, 1.54) is 6.07 Å². The Hall–Kier alpha value is -2.07. The molecule has 21 heavy (non-hydrogen) atoms. The van der Waals surface area contributed by atoms with Crippen LogP contribution < -0.4 is 5.73 Å². The van der Waals surface area contributed by atoms with Crippen LogP contribution in [0.1, 0.15) is 30.0 Å². The molecule has 0 saturated carbocycles. The molecule has 2 nitrogen and oxygen atoms in total. The lowest BCUT2D eigenvalue weighted by atomic mass is 9.99. The van der Waals surface area contributed by atoms with Crippen LogP contribution in [-0.2, 0) is 11.2 Å². The first kappa shape index (κ1) is 15.3.